The molecule has 1 aromatic rings. The van der Waals surface area contributed by atoms with Crippen LogP contribution in [0.15, 0.2) is 24.3 Å². The Hall–Kier alpha value is -4.58. The number of rotatable bonds is 30. The second-order valence-electron chi connectivity index (χ2n) is 22.6. The summed E-state index contributed by atoms with van der Waals surface area (Å²) in [6.07, 6.45) is -63.1. The fourth-order valence-corrected chi connectivity index (χ4v) is 8.74. The first kappa shape index (κ1) is 91.6. The molecule has 3 rings (SSSR count). The van der Waals surface area contributed by atoms with E-state index in [2.05, 4.69) is 0 Å². The van der Waals surface area contributed by atoms with Crippen LogP contribution in [-0.4, -0.2) is 170 Å². The van der Waals surface area contributed by atoms with Crippen molar-refractivity contribution in [1.82, 2.24) is 0 Å². The van der Waals surface area contributed by atoms with Gasteiger partial charge in [-0.3, -0.25) is 0 Å². The molecule has 0 atom stereocenters. The molecule has 2 heterocycles. The van der Waals surface area contributed by atoms with Crippen LogP contribution in [0.5, 0.6) is 0 Å². The Kier molecular flexibility index (Phi) is 23.4. The molecule has 0 bridgehead atoms. The third-order valence-corrected chi connectivity index (χ3v) is 15.5. The molecule has 2 saturated heterocycles. The van der Waals surface area contributed by atoms with E-state index in [9.17, 15) is 228 Å². The Morgan fingerprint density at radius 1 is 0.206 bits per heavy atom. The van der Waals surface area contributed by atoms with Gasteiger partial charge in [-0.1, -0.05) is 24.3 Å². The van der Waals surface area contributed by atoms with Crippen molar-refractivity contribution in [3.63, 3.8) is 0 Å². The maximum atomic E-state index is 15.0. The Balaban J connectivity index is 2.14. The molecule has 0 N–H and O–H groups in total. The van der Waals surface area contributed by atoms with Crippen molar-refractivity contribution < 1.29 is 247 Å². The van der Waals surface area contributed by atoms with Gasteiger partial charge in [0.2, 0.25) is 0 Å². The van der Waals surface area contributed by atoms with Crippen LogP contribution in [0.3, 0.4) is 0 Å². The van der Waals surface area contributed by atoms with Gasteiger partial charge in [0, 0.05) is 47.6 Å². The molecule has 2 aliphatic rings. The van der Waals surface area contributed by atoms with Gasteiger partial charge in [0.1, 0.15) is 0 Å². The lowest BCUT2D eigenvalue weighted by Gasteiger charge is -2.44. The molecular formula is C46H30F52O4. The molecular weight excluding hydrogens is 1600 g/mol. The average Bonchev–Trinajstić information content (AvgIpc) is 0.728. The number of hydrogen-bond donors (Lipinski definition) is 0. The lowest BCUT2D eigenvalue weighted by atomic mass is 9.76. The average molecular weight is 1630 g/mol. The molecule has 0 radical (unpaired) electrons. The van der Waals surface area contributed by atoms with Gasteiger partial charge in [-0.05, 0) is 25.7 Å². The van der Waals surface area contributed by atoms with Gasteiger partial charge in [0.05, 0.1) is 26.4 Å². The third kappa shape index (κ3) is 14.1. The molecule has 0 aliphatic carbocycles. The number of benzene rings is 1. The maximum absolute atomic E-state index is 15.0. The zero-order chi connectivity index (χ0) is 81.5. The van der Waals surface area contributed by atoms with Gasteiger partial charge >= 0.3 is 143 Å². The number of hydrogen-bond acceptors (Lipinski definition) is 4. The monoisotopic (exact) mass is 1630 g/mol. The number of halogens is 52. The molecule has 2 aliphatic heterocycles. The Labute approximate surface area is 527 Å². The van der Waals surface area contributed by atoms with E-state index in [1.807, 2.05) is 0 Å². The second-order valence-corrected chi connectivity index (χ2v) is 22.6. The highest BCUT2D eigenvalue weighted by Gasteiger charge is 2.95. The van der Waals surface area contributed by atoms with Gasteiger partial charge < -0.3 is 18.9 Å². The highest BCUT2D eigenvalue weighted by Crippen LogP contribution is 2.67. The fourth-order valence-electron chi connectivity index (χ4n) is 8.74. The quantitative estimate of drug-likeness (QED) is 0.0720. The van der Waals surface area contributed by atoms with Crippen molar-refractivity contribution in [2.45, 2.75) is 207 Å². The highest BCUT2D eigenvalue weighted by atomic mass is 19.5. The summed E-state index contributed by atoms with van der Waals surface area (Å²) in [5, 5.41) is 0. The summed E-state index contributed by atoms with van der Waals surface area (Å²) in [5.74, 6) is -166. The SMILES string of the molecule is FC(F)(F)C(F)(F)C(F)(F)C(F)(F)C(F)(F)C(F)(F)CCC1(CCC(F)(F)C(F)(F)C(F)(F)C(F)(F)C(F)(F)C(F)(F)F)COC(c2ccc(C3OCC(CCC(F)(F)C(F)(F)C(F)(F)C(F)(F)C(F)(F)C(F)(F)F)(CCC(F)(F)C(F)(F)C(F)(F)C(F)(F)C(F)(F)C(F)(F)F)CO3)cc2)OC1. The summed E-state index contributed by atoms with van der Waals surface area (Å²) >= 11 is 0. The zero-order valence-corrected chi connectivity index (χ0v) is 47.2. The first-order valence-corrected chi connectivity index (χ1v) is 25.6. The lowest BCUT2D eigenvalue weighted by molar-refractivity contribution is -0.441. The maximum Gasteiger partial charge on any atom is 0.460 e. The molecule has 102 heavy (non-hydrogen) atoms. The second kappa shape index (κ2) is 26.1. The van der Waals surface area contributed by atoms with E-state index < -0.39 is 255 Å². The molecule has 56 heteroatoms. The molecule has 0 amide bonds. The van der Waals surface area contributed by atoms with Gasteiger partial charge in [-0.2, -0.15) is 228 Å². The Bertz CT molecular complexity index is 2640. The van der Waals surface area contributed by atoms with E-state index in [4.69, 9.17) is 18.9 Å². The minimum absolute atomic E-state index is 0.324. The molecule has 1 aromatic carbocycles. The molecule has 0 unspecified atom stereocenters. The molecule has 0 saturated carbocycles. The van der Waals surface area contributed by atoms with Crippen LogP contribution in [0.4, 0.5) is 228 Å². The van der Waals surface area contributed by atoms with Crippen molar-refractivity contribution in [2.75, 3.05) is 26.4 Å². The molecule has 4 nitrogen and oxygen atoms in total. The number of alkyl halides is 52. The summed E-state index contributed by atoms with van der Waals surface area (Å²) in [7, 11) is 0. The van der Waals surface area contributed by atoms with Crippen molar-refractivity contribution >= 4 is 0 Å². The summed E-state index contributed by atoms with van der Waals surface area (Å²) in [4.78, 5) is 0. The smallest absolute Gasteiger partial charge is 0.348 e. The van der Waals surface area contributed by atoms with Crippen molar-refractivity contribution in [3.8, 4) is 0 Å². The fraction of sp³-hybridized carbons (Fsp3) is 0.870. The van der Waals surface area contributed by atoms with E-state index in [-0.39, 0.29) is 0 Å². The summed E-state index contributed by atoms with van der Waals surface area (Å²) in [6.45, 7) is -8.86. The lowest BCUT2D eigenvalue weighted by Crippen LogP contribution is -2.70. The van der Waals surface area contributed by atoms with Crippen molar-refractivity contribution in [2.24, 2.45) is 10.8 Å². The molecule has 2 fully saturated rings. The van der Waals surface area contributed by atoms with Gasteiger partial charge in [-0.15, -0.1) is 0 Å². The Morgan fingerprint density at radius 2 is 0.333 bits per heavy atom. The van der Waals surface area contributed by atoms with Gasteiger partial charge in [-0.25, -0.2) is 0 Å². The van der Waals surface area contributed by atoms with E-state index >= 15 is 0 Å². The molecule has 602 valence electrons. The van der Waals surface area contributed by atoms with E-state index in [0.29, 0.717) is 24.3 Å². The van der Waals surface area contributed by atoms with Crippen molar-refractivity contribution in [3.05, 3.63) is 35.4 Å². The predicted octanol–water partition coefficient (Wildman–Crippen LogP) is 21.8. The largest absolute Gasteiger partial charge is 0.460 e. The Morgan fingerprint density at radius 3 is 0.461 bits per heavy atom. The predicted molar refractivity (Wildman–Crippen MR) is 221 cm³/mol. The van der Waals surface area contributed by atoms with E-state index in [0.717, 1.165) is 0 Å². The van der Waals surface area contributed by atoms with Crippen LogP contribution in [0, 0.1) is 10.8 Å². The first-order valence-electron chi connectivity index (χ1n) is 25.6. The van der Waals surface area contributed by atoms with E-state index in [1.165, 1.54) is 0 Å². The minimum Gasteiger partial charge on any atom is -0.348 e. The molecule has 0 spiro atoms. The number of ether oxygens (including phenoxy) is 4. The van der Waals surface area contributed by atoms with Crippen LogP contribution < -0.4 is 0 Å². The van der Waals surface area contributed by atoms with Crippen LogP contribution in [0.1, 0.15) is 75.1 Å². The van der Waals surface area contributed by atoms with Crippen molar-refractivity contribution in [1.29, 1.82) is 0 Å². The minimum atomic E-state index is -8.70. The molecule has 0 aromatic heterocycles. The third-order valence-electron chi connectivity index (χ3n) is 15.5. The highest BCUT2D eigenvalue weighted by molar-refractivity contribution is 5.25. The van der Waals surface area contributed by atoms with E-state index in [1.54, 1.807) is 0 Å². The van der Waals surface area contributed by atoms with Gasteiger partial charge in [0.15, 0.2) is 12.6 Å². The van der Waals surface area contributed by atoms with Gasteiger partial charge in [0.25, 0.3) is 0 Å². The van der Waals surface area contributed by atoms with Crippen LogP contribution in [-0.2, 0) is 18.9 Å². The zero-order valence-electron chi connectivity index (χ0n) is 47.2. The van der Waals surface area contributed by atoms with Crippen LogP contribution in [0.2, 0.25) is 0 Å². The standard InChI is InChI=1S/C46H30F52O4/c47-23(48,27(55,56)31(63,64)35(71,72)39(79,80)43(87,88)89)9-5-21(6-10-24(49,50)28(57,58)32(65,66)36(73,74)40(81,82)44(90,91)92)13-99-19(100-14-21)17-1-2-18(4-3-17)20-101-15-22(16-102-20,7-11-25(51,52)29(59,60)33(67,68)37(75,76)41(83,84)45(93,94)95)8-12-26(53,54)30(61,62)34(69,70)38(77,78)42(85,86)46(96,97)98/h1-4,19-20H,5-16H2. The van der Waals surface area contributed by atoms with Crippen LogP contribution in [0.25, 0.3) is 0 Å². The first-order chi connectivity index (χ1) is 44.2. The topological polar surface area (TPSA) is 36.9 Å². The summed E-state index contributed by atoms with van der Waals surface area (Å²) < 4.78 is 741. The summed E-state index contributed by atoms with van der Waals surface area (Å²) in [6, 6.07) is 1.30. The summed E-state index contributed by atoms with van der Waals surface area (Å²) in [5.41, 5.74) is -9.39. The normalized spacial score (nSPS) is 19.3. The van der Waals surface area contributed by atoms with Crippen LogP contribution >= 0.6 is 0 Å².